The summed E-state index contributed by atoms with van der Waals surface area (Å²) in [6.45, 7) is -0.215. The number of ether oxygens (including phenoxy) is 3. The van der Waals surface area contributed by atoms with E-state index in [2.05, 4.69) is 15.8 Å². The predicted octanol–water partition coefficient (Wildman–Crippen LogP) is 5.58. The summed E-state index contributed by atoms with van der Waals surface area (Å²) in [5.41, 5.74) is 2.39. The third kappa shape index (κ3) is 7.32. The molecule has 1 aliphatic heterocycles. The highest BCUT2D eigenvalue weighted by Gasteiger charge is 2.35. The molecule has 3 aromatic carbocycles. The monoisotopic (exact) mass is 586 g/mol. The number of aliphatic hydroxyl groups is 1. The van der Waals surface area contributed by atoms with Gasteiger partial charge in [-0.25, -0.2) is 14.5 Å². The van der Waals surface area contributed by atoms with Crippen molar-refractivity contribution >= 4 is 23.4 Å². The summed E-state index contributed by atoms with van der Waals surface area (Å²) in [7, 11) is 2.97. The van der Waals surface area contributed by atoms with E-state index < -0.39 is 24.3 Å². The van der Waals surface area contributed by atoms with E-state index in [-0.39, 0.29) is 12.6 Å². The molecule has 2 heterocycles. The van der Waals surface area contributed by atoms with Crippen molar-refractivity contribution in [3.63, 3.8) is 0 Å². The molecule has 224 valence electrons. The zero-order chi connectivity index (χ0) is 30.2. The van der Waals surface area contributed by atoms with Crippen LogP contribution in [-0.4, -0.2) is 66.3 Å². The quantitative estimate of drug-likeness (QED) is 0.232. The highest BCUT2D eigenvalue weighted by atomic mass is 16.5. The number of hydrogen-bond donors (Lipinski definition) is 3. The lowest BCUT2D eigenvalue weighted by atomic mass is 9.97. The van der Waals surface area contributed by atoms with Gasteiger partial charge in [-0.1, -0.05) is 59.8 Å². The van der Waals surface area contributed by atoms with Crippen molar-refractivity contribution in [2.75, 3.05) is 31.4 Å². The van der Waals surface area contributed by atoms with Gasteiger partial charge in [-0.2, -0.15) is 0 Å². The van der Waals surface area contributed by atoms with Crippen LogP contribution in [0.3, 0.4) is 0 Å². The maximum atomic E-state index is 13.6. The number of hydrogen-bond acceptors (Lipinski definition) is 8. The van der Waals surface area contributed by atoms with Crippen LogP contribution in [0.25, 0.3) is 11.3 Å². The van der Waals surface area contributed by atoms with Crippen LogP contribution in [0.1, 0.15) is 18.5 Å². The van der Waals surface area contributed by atoms with Gasteiger partial charge in [0.15, 0.2) is 5.76 Å². The van der Waals surface area contributed by atoms with E-state index in [1.54, 1.807) is 48.5 Å². The van der Waals surface area contributed by atoms with Gasteiger partial charge in [0.25, 0.3) is 0 Å². The Balaban J connectivity index is 1.33. The summed E-state index contributed by atoms with van der Waals surface area (Å²) < 4.78 is 22.5. The molecular formula is C32H34N4O7. The number of para-hydroxylation sites is 4. The molecule has 1 fully saturated rings. The zero-order valence-corrected chi connectivity index (χ0v) is 23.9. The van der Waals surface area contributed by atoms with Crippen molar-refractivity contribution < 1.29 is 33.4 Å². The Hall–Kier alpha value is -4.87. The van der Waals surface area contributed by atoms with Crippen molar-refractivity contribution in [2.45, 2.75) is 37.6 Å². The fraction of sp³-hybridized carbons (Fsp3) is 0.281. The van der Waals surface area contributed by atoms with E-state index >= 15 is 0 Å². The molecule has 0 saturated carbocycles. The van der Waals surface area contributed by atoms with Gasteiger partial charge in [0.2, 0.25) is 0 Å². The van der Waals surface area contributed by atoms with Gasteiger partial charge in [-0.15, -0.1) is 0 Å². The third-order valence-corrected chi connectivity index (χ3v) is 7.18. The number of anilines is 2. The Morgan fingerprint density at radius 1 is 0.884 bits per heavy atom. The smallest absolute Gasteiger partial charge is 0.330 e. The first-order valence-corrected chi connectivity index (χ1v) is 13.9. The van der Waals surface area contributed by atoms with Crippen LogP contribution in [0.2, 0.25) is 0 Å². The molecule has 1 aromatic heterocycles. The summed E-state index contributed by atoms with van der Waals surface area (Å²) >= 11 is 0. The van der Waals surface area contributed by atoms with Crippen molar-refractivity contribution in [2.24, 2.45) is 0 Å². The topological polar surface area (TPSA) is 135 Å². The summed E-state index contributed by atoms with van der Waals surface area (Å²) in [5.74, 6) is 1.50. The van der Waals surface area contributed by atoms with Gasteiger partial charge in [-0.3, -0.25) is 0 Å². The summed E-state index contributed by atoms with van der Waals surface area (Å²) in [4.78, 5) is 28.1. The maximum absolute atomic E-state index is 13.6. The van der Waals surface area contributed by atoms with Crippen LogP contribution in [-0.2, 0) is 11.2 Å². The number of nitrogens with one attached hydrogen (secondary N) is 2. The number of carbonyl (C=O) groups is 2. The molecule has 0 aliphatic carbocycles. The average Bonchev–Trinajstić information content (AvgIpc) is 3.50. The van der Waals surface area contributed by atoms with E-state index in [0.29, 0.717) is 53.6 Å². The standard InChI is InChI=1S/C32H34N4O7/c1-40-27-14-8-6-12-24(27)33-31(38)36(32(39)34-25-13-7-9-15-28(25)41-2)20-30-26(37)17-16-23(42-30)18-22-19-29(43-35-22)21-10-4-3-5-11-21/h3-15,19,23,26,30,37H,16-18,20H2,1-2H3,(H,33,38)(H,34,39)/t23-,26-,30+/m0/s1. The van der Waals surface area contributed by atoms with Gasteiger partial charge in [-0.05, 0) is 37.1 Å². The van der Waals surface area contributed by atoms with Gasteiger partial charge >= 0.3 is 12.1 Å². The maximum Gasteiger partial charge on any atom is 0.330 e. The number of carbonyl (C=O) groups excluding carboxylic acids is 2. The van der Waals surface area contributed by atoms with E-state index in [9.17, 15) is 14.7 Å². The van der Waals surface area contributed by atoms with E-state index in [1.807, 2.05) is 36.4 Å². The lowest BCUT2D eigenvalue weighted by Gasteiger charge is -2.36. The molecule has 1 aliphatic rings. The molecule has 3 atom stereocenters. The normalized spacial score (nSPS) is 18.0. The molecule has 0 unspecified atom stereocenters. The second kappa shape index (κ2) is 13.9. The van der Waals surface area contributed by atoms with Crippen molar-refractivity contribution in [1.82, 2.24) is 10.1 Å². The summed E-state index contributed by atoms with van der Waals surface area (Å²) in [6.07, 6.45) is -0.597. The van der Waals surface area contributed by atoms with Crippen LogP contribution in [0, 0.1) is 0 Å². The molecule has 1 saturated heterocycles. The van der Waals surface area contributed by atoms with Gasteiger partial charge in [0.1, 0.15) is 17.6 Å². The summed E-state index contributed by atoms with van der Waals surface area (Å²) in [6, 6.07) is 23.8. The van der Waals surface area contributed by atoms with Crippen LogP contribution >= 0.6 is 0 Å². The van der Waals surface area contributed by atoms with E-state index in [0.717, 1.165) is 10.5 Å². The minimum Gasteiger partial charge on any atom is -0.495 e. The van der Waals surface area contributed by atoms with Crippen LogP contribution < -0.4 is 20.1 Å². The van der Waals surface area contributed by atoms with Gasteiger partial charge in [0.05, 0.1) is 50.0 Å². The minimum absolute atomic E-state index is 0.215. The highest BCUT2D eigenvalue weighted by Crippen LogP contribution is 2.28. The van der Waals surface area contributed by atoms with E-state index in [4.69, 9.17) is 18.7 Å². The largest absolute Gasteiger partial charge is 0.495 e. The molecule has 0 radical (unpaired) electrons. The number of imide groups is 1. The molecule has 5 rings (SSSR count). The zero-order valence-electron chi connectivity index (χ0n) is 23.9. The van der Waals surface area contributed by atoms with Crippen LogP contribution in [0.4, 0.5) is 21.0 Å². The highest BCUT2D eigenvalue weighted by molar-refractivity contribution is 6.06. The van der Waals surface area contributed by atoms with Crippen molar-refractivity contribution in [1.29, 1.82) is 0 Å². The Labute approximate surface area is 249 Å². The lowest BCUT2D eigenvalue weighted by Crippen LogP contribution is -2.52. The number of amides is 4. The lowest BCUT2D eigenvalue weighted by molar-refractivity contribution is -0.119. The first-order chi connectivity index (χ1) is 20.9. The first kappa shape index (κ1) is 29.6. The van der Waals surface area contributed by atoms with Crippen LogP contribution in [0.15, 0.2) is 89.5 Å². The van der Waals surface area contributed by atoms with Crippen LogP contribution in [0.5, 0.6) is 11.5 Å². The number of nitrogens with zero attached hydrogens (tertiary/aromatic N) is 2. The van der Waals surface area contributed by atoms with Gasteiger partial charge < -0.3 is 34.5 Å². The Morgan fingerprint density at radius 2 is 1.47 bits per heavy atom. The second-order valence-electron chi connectivity index (χ2n) is 10.1. The average molecular weight is 587 g/mol. The van der Waals surface area contributed by atoms with E-state index in [1.165, 1.54) is 14.2 Å². The molecule has 4 amide bonds. The number of rotatable bonds is 9. The fourth-order valence-corrected chi connectivity index (χ4v) is 4.94. The molecule has 43 heavy (non-hydrogen) atoms. The number of benzene rings is 3. The molecule has 11 heteroatoms. The third-order valence-electron chi connectivity index (χ3n) is 7.18. The molecule has 11 nitrogen and oxygen atoms in total. The molecule has 4 aromatic rings. The SMILES string of the molecule is COc1ccccc1NC(=O)N(C[C@H]1O[C@H](Cc2cc(-c3ccccc3)on2)CC[C@@H]1O)C(=O)Nc1ccccc1OC. The Morgan fingerprint density at radius 3 is 2.07 bits per heavy atom. The minimum atomic E-state index is -0.894. The second-order valence-corrected chi connectivity index (χ2v) is 10.1. The number of aromatic nitrogens is 1. The molecule has 3 N–H and O–H groups in total. The molecule has 0 bridgehead atoms. The predicted molar refractivity (Wildman–Crippen MR) is 160 cm³/mol. The molecule has 0 spiro atoms. The number of methoxy groups -OCH3 is 2. The molecular weight excluding hydrogens is 552 g/mol. The number of urea groups is 2. The van der Waals surface area contributed by atoms with Crippen molar-refractivity contribution in [3.8, 4) is 22.8 Å². The summed E-state index contributed by atoms with van der Waals surface area (Å²) in [5, 5.41) is 20.5. The van der Waals surface area contributed by atoms with Gasteiger partial charge in [0, 0.05) is 18.1 Å². The fourth-order valence-electron chi connectivity index (χ4n) is 4.94. The Kier molecular flexibility index (Phi) is 9.55. The van der Waals surface area contributed by atoms with Crippen molar-refractivity contribution in [3.05, 3.63) is 90.6 Å². The number of aliphatic hydroxyl groups excluding tert-OH is 1. The first-order valence-electron chi connectivity index (χ1n) is 13.9. The Bertz CT molecular complexity index is 1470.